The highest BCUT2D eigenvalue weighted by atomic mass is 32.1. The first-order valence-electron chi connectivity index (χ1n) is 7.04. The van der Waals surface area contributed by atoms with Crippen molar-refractivity contribution in [1.29, 1.82) is 0 Å². The number of para-hydroxylation sites is 1. The number of benzene rings is 1. The second kappa shape index (κ2) is 6.19. The molecule has 0 aromatic heterocycles. The van der Waals surface area contributed by atoms with Gasteiger partial charge in [-0.3, -0.25) is 4.90 Å². The molecule has 19 heavy (non-hydrogen) atoms. The fourth-order valence-electron chi connectivity index (χ4n) is 2.45. The number of rotatable bonds is 3. The molecule has 1 aromatic carbocycles. The first-order chi connectivity index (χ1) is 9.00. The van der Waals surface area contributed by atoms with Gasteiger partial charge in [0.25, 0.3) is 0 Å². The van der Waals surface area contributed by atoms with Crippen LogP contribution in [-0.4, -0.2) is 30.3 Å². The summed E-state index contributed by atoms with van der Waals surface area (Å²) < 4.78 is 5.82. The molecule has 0 bridgehead atoms. The number of hydrogen-bond acceptors (Lipinski definition) is 3. The van der Waals surface area contributed by atoms with Crippen LogP contribution in [0.15, 0.2) is 24.3 Å². The standard InChI is InChI=1S/C16H25NOS/c1-16(2,3)14(12-19)11-17-8-9-18-15-7-5-4-6-13(15)10-17/h4-7,14,19H,8-12H2,1-3H3. The molecule has 1 aliphatic heterocycles. The van der Waals surface area contributed by atoms with Crippen LogP contribution in [-0.2, 0) is 6.54 Å². The SMILES string of the molecule is CC(C)(C)C(CS)CN1CCOc2ccccc2C1. The quantitative estimate of drug-likeness (QED) is 0.851. The van der Waals surface area contributed by atoms with E-state index in [1.54, 1.807) is 0 Å². The Morgan fingerprint density at radius 3 is 2.74 bits per heavy atom. The van der Waals surface area contributed by atoms with Crippen LogP contribution >= 0.6 is 12.6 Å². The van der Waals surface area contributed by atoms with Gasteiger partial charge in [0.05, 0.1) is 0 Å². The average molecular weight is 279 g/mol. The van der Waals surface area contributed by atoms with E-state index >= 15 is 0 Å². The van der Waals surface area contributed by atoms with Crippen molar-refractivity contribution in [2.24, 2.45) is 11.3 Å². The van der Waals surface area contributed by atoms with Gasteiger partial charge in [0.2, 0.25) is 0 Å². The van der Waals surface area contributed by atoms with Crippen molar-refractivity contribution in [3.63, 3.8) is 0 Å². The van der Waals surface area contributed by atoms with Crippen LogP contribution in [0.3, 0.4) is 0 Å². The number of fused-ring (bicyclic) bond motifs is 1. The van der Waals surface area contributed by atoms with Gasteiger partial charge in [-0.2, -0.15) is 12.6 Å². The minimum atomic E-state index is 0.300. The molecule has 0 fully saturated rings. The van der Waals surface area contributed by atoms with E-state index in [0.717, 1.165) is 37.7 Å². The van der Waals surface area contributed by atoms with E-state index in [2.05, 4.69) is 56.5 Å². The van der Waals surface area contributed by atoms with E-state index in [9.17, 15) is 0 Å². The second-order valence-electron chi connectivity index (χ2n) is 6.44. The smallest absolute Gasteiger partial charge is 0.123 e. The normalized spacial score (nSPS) is 18.3. The Morgan fingerprint density at radius 1 is 1.32 bits per heavy atom. The van der Waals surface area contributed by atoms with E-state index < -0.39 is 0 Å². The van der Waals surface area contributed by atoms with E-state index in [1.165, 1.54) is 5.56 Å². The highest BCUT2D eigenvalue weighted by Gasteiger charge is 2.26. The lowest BCUT2D eigenvalue weighted by molar-refractivity contribution is 0.150. The fraction of sp³-hybridized carbons (Fsp3) is 0.625. The summed E-state index contributed by atoms with van der Waals surface area (Å²) in [7, 11) is 0. The summed E-state index contributed by atoms with van der Waals surface area (Å²) in [6.45, 7) is 10.7. The van der Waals surface area contributed by atoms with Crippen molar-refractivity contribution in [3.05, 3.63) is 29.8 Å². The van der Waals surface area contributed by atoms with Crippen LogP contribution in [0.2, 0.25) is 0 Å². The molecule has 1 heterocycles. The number of ether oxygens (including phenoxy) is 1. The zero-order valence-electron chi connectivity index (χ0n) is 12.2. The number of nitrogens with zero attached hydrogens (tertiary/aromatic N) is 1. The van der Waals surface area contributed by atoms with Gasteiger partial charge in [0, 0.05) is 25.2 Å². The van der Waals surface area contributed by atoms with Crippen molar-refractivity contribution in [2.45, 2.75) is 27.3 Å². The van der Waals surface area contributed by atoms with Crippen LogP contribution < -0.4 is 4.74 Å². The molecule has 1 atom stereocenters. The maximum atomic E-state index is 5.82. The monoisotopic (exact) mass is 279 g/mol. The summed E-state index contributed by atoms with van der Waals surface area (Å²) in [4.78, 5) is 2.50. The van der Waals surface area contributed by atoms with Crippen LogP contribution in [0.5, 0.6) is 5.75 Å². The summed E-state index contributed by atoms with van der Waals surface area (Å²) in [5, 5.41) is 0. The maximum Gasteiger partial charge on any atom is 0.123 e. The van der Waals surface area contributed by atoms with Crippen LogP contribution in [0.1, 0.15) is 26.3 Å². The van der Waals surface area contributed by atoms with Crippen molar-refractivity contribution in [1.82, 2.24) is 4.90 Å². The molecule has 0 saturated heterocycles. The predicted molar refractivity (Wildman–Crippen MR) is 84.0 cm³/mol. The molecule has 2 nitrogen and oxygen atoms in total. The Kier molecular flexibility index (Phi) is 4.80. The van der Waals surface area contributed by atoms with Gasteiger partial charge in [0.1, 0.15) is 12.4 Å². The van der Waals surface area contributed by atoms with Crippen LogP contribution in [0, 0.1) is 11.3 Å². The van der Waals surface area contributed by atoms with Crippen molar-refractivity contribution >= 4 is 12.6 Å². The Morgan fingerprint density at radius 2 is 2.05 bits per heavy atom. The molecule has 3 heteroatoms. The highest BCUT2D eigenvalue weighted by Crippen LogP contribution is 2.29. The van der Waals surface area contributed by atoms with Gasteiger partial charge >= 0.3 is 0 Å². The average Bonchev–Trinajstić information content (AvgIpc) is 2.56. The minimum Gasteiger partial charge on any atom is -0.492 e. The third-order valence-corrected chi connectivity index (χ3v) is 4.40. The molecule has 0 radical (unpaired) electrons. The van der Waals surface area contributed by atoms with Crippen LogP contribution in [0.25, 0.3) is 0 Å². The summed E-state index contributed by atoms with van der Waals surface area (Å²) in [5.74, 6) is 2.58. The van der Waals surface area contributed by atoms with E-state index in [1.807, 2.05) is 6.07 Å². The van der Waals surface area contributed by atoms with Gasteiger partial charge < -0.3 is 4.74 Å². The lowest BCUT2D eigenvalue weighted by atomic mass is 9.81. The van der Waals surface area contributed by atoms with Crippen molar-refractivity contribution in [3.8, 4) is 5.75 Å². The topological polar surface area (TPSA) is 12.5 Å². The summed E-state index contributed by atoms with van der Waals surface area (Å²) >= 11 is 4.53. The molecule has 2 rings (SSSR count). The molecular formula is C16H25NOS. The van der Waals surface area contributed by atoms with Gasteiger partial charge in [-0.1, -0.05) is 39.0 Å². The highest BCUT2D eigenvalue weighted by molar-refractivity contribution is 7.80. The zero-order valence-corrected chi connectivity index (χ0v) is 13.1. The number of hydrogen-bond donors (Lipinski definition) is 1. The first-order valence-corrected chi connectivity index (χ1v) is 7.68. The summed E-state index contributed by atoms with van der Waals surface area (Å²) in [6.07, 6.45) is 0. The molecule has 106 valence electrons. The maximum absolute atomic E-state index is 5.82. The molecule has 1 aromatic rings. The molecular weight excluding hydrogens is 254 g/mol. The van der Waals surface area contributed by atoms with Crippen molar-refractivity contribution < 1.29 is 4.74 Å². The fourth-order valence-corrected chi connectivity index (χ4v) is 3.12. The number of thiol groups is 1. The first kappa shape index (κ1) is 14.7. The van der Waals surface area contributed by atoms with Gasteiger partial charge in [-0.25, -0.2) is 0 Å². The van der Waals surface area contributed by atoms with Crippen LogP contribution in [0.4, 0.5) is 0 Å². The lowest BCUT2D eigenvalue weighted by Gasteiger charge is -2.34. The Bertz CT molecular complexity index is 413. The van der Waals surface area contributed by atoms with E-state index in [4.69, 9.17) is 4.74 Å². The second-order valence-corrected chi connectivity index (χ2v) is 6.80. The summed E-state index contributed by atoms with van der Waals surface area (Å²) in [5.41, 5.74) is 1.60. The molecule has 0 amide bonds. The van der Waals surface area contributed by atoms with Gasteiger partial charge in [0.15, 0.2) is 0 Å². The molecule has 0 spiro atoms. The molecule has 0 saturated carbocycles. The Labute approximate surface area is 122 Å². The third kappa shape index (κ3) is 3.90. The van der Waals surface area contributed by atoms with E-state index in [0.29, 0.717) is 11.3 Å². The minimum absolute atomic E-state index is 0.300. The van der Waals surface area contributed by atoms with E-state index in [-0.39, 0.29) is 0 Å². The third-order valence-electron chi connectivity index (χ3n) is 3.96. The Hall–Kier alpha value is -0.670. The molecule has 1 aliphatic rings. The van der Waals surface area contributed by atoms with Gasteiger partial charge in [-0.15, -0.1) is 0 Å². The summed E-state index contributed by atoms with van der Waals surface area (Å²) in [6, 6.07) is 8.37. The Balaban J connectivity index is 2.06. The predicted octanol–water partition coefficient (Wildman–Crippen LogP) is 3.47. The zero-order chi connectivity index (χ0) is 13.9. The van der Waals surface area contributed by atoms with Gasteiger partial charge in [-0.05, 0) is 23.2 Å². The molecule has 0 aliphatic carbocycles. The van der Waals surface area contributed by atoms with Crippen molar-refractivity contribution in [2.75, 3.05) is 25.4 Å². The largest absolute Gasteiger partial charge is 0.492 e. The molecule has 0 N–H and O–H groups in total. The molecule has 1 unspecified atom stereocenters. The lowest BCUT2D eigenvalue weighted by Crippen LogP contribution is -2.37.